The minimum atomic E-state index is -0.149. The molecule has 0 spiro atoms. The summed E-state index contributed by atoms with van der Waals surface area (Å²) in [6.07, 6.45) is 1.39. The predicted molar refractivity (Wildman–Crippen MR) is 108 cm³/mol. The number of anilines is 2. The van der Waals surface area contributed by atoms with E-state index in [1.54, 1.807) is 0 Å². The highest BCUT2D eigenvalue weighted by Gasteiger charge is 2.31. The third-order valence-corrected chi connectivity index (χ3v) is 5.09. The SMILES string of the molecule is CC(C)Cc1nc2c(c(N3CCN(c4ccccc4)C(=O)C3)n1)CCNC2=O. The van der Waals surface area contributed by atoms with E-state index in [-0.39, 0.29) is 18.4 Å². The molecule has 1 fully saturated rings. The van der Waals surface area contributed by atoms with E-state index in [0.717, 1.165) is 17.1 Å². The third-order valence-electron chi connectivity index (χ3n) is 5.09. The van der Waals surface area contributed by atoms with E-state index < -0.39 is 0 Å². The molecule has 0 saturated carbocycles. The van der Waals surface area contributed by atoms with Gasteiger partial charge in [0.05, 0.1) is 6.54 Å². The molecule has 1 aromatic carbocycles. The van der Waals surface area contributed by atoms with Gasteiger partial charge in [0.15, 0.2) is 0 Å². The van der Waals surface area contributed by atoms with Crippen molar-refractivity contribution < 1.29 is 9.59 Å². The average molecular weight is 379 g/mol. The average Bonchev–Trinajstić information content (AvgIpc) is 2.68. The van der Waals surface area contributed by atoms with Crippen molar-refractivity contribution in [3.05, 3.63) is 47.4 Å². The third kappa shape index (κ3) is 3.56. The molecule has 2 aromatic rings. The zero-order chi connectivity index (χ0) is 19.7. The van der Waals surface area contributed by atoms with Crippen LogP contribution in [0.5, 0.6) is 0 Å². The lowest BCUT2D eigenvalue weighted by Crippen LogP contribution is -2.51. The molecular formula is C21H25N5O2. The van der Waals surface area contributed by atoms with Crippen LogP contribution in [0.3, 0.4) is 0 Å². The number of fused-ring (bicyclic) bond motifs is 1. The van der Waals surface area contributed by atoms with Gasteiger partial charge >= 0.3 is 0 Å². The number of para-hydroxylation sites is 1. The van der Waals surface area contributed by atoms with Crippen LogP contribution in [0, 0.1) is 5.92 Å². The van der Waals surface area contributed by atoms with Crippen LogP contribution in [0.2, 0.25) is 0 Å². The Bertz CT molecular complexity index is 897. The van der Waals surface area contributed by atoms with Gasteiger partial charge in [0.2, 0.25) is 5.91 Å². The summed E-state index contributed by atoms with van der Waals surface area (Å²) >= 11 is 0. The van der Waals surface area contributed by atoms with Crippen LogP contribution >= 0.6 is 0 Å². The lowest BCUT2D eigenvalue weighted by molar-refractivity contribution is -0.117. The van der Waals surface area contributed by atoms with Crippen molar-refractivity contribution in [2.75, 3.05) is 36.0 Å². The van der Waals surface area contributed by atoms with Crippen molar-refractivity contribution in [3.8, 4) is 0 Å². The van der Waals surface area contributed by atoms with Gasteiger partial charge in [-0.05, 0) is 24.5 Å². The summed E-state index contributed by atoms with van der Waals surface area (Å²) in [7, 11) is 0. The predicted octanol–water partition coefficient (Wildman–Crippen LogP) is 1.81. The molecular weight excluding hydrogens is 354 g/mol. The molecule has 0 unspecified atom stereocenters. The van der Waals surface area contributed by atoms with E-state index in [4.69, 9.17) is 4.98 Å². The Kier molecular flexibility index (Phi) is 4.98. The molecule has 0 radical (unpaired) electrons. The number of benzene rings is 1. The maximum Gasteiger partial charge on any atom is 0.270 e. The highest BCUT2D eigenvalue weighted by Crippen LogP contribution is 2.27. The van der Waals surface area contributed by atoms with Gasteiger partial charge in [-0.3, -0.25) is 9.59 Å². The van der Waals surface area contributed by atoms with Crippen LogP contribution in [0.25, 0.3) is 0 Å². The van der Waals surface area contributed by atoms with Crippen molar-refractivity contribution in [2.45, 2.75) is 26.7 Å². The van der Waals surface area contributed by atoms with Crippen molar-refractivity contribution in [1.29, 1.82) is 0 Å². The van der Waals surface area contributed by atoms with E-state index in [1.165, 1.54) is 0 Å². The number of hydrogen-bond donors (Lipinski definition) is 1. The standard InChI is InChI=1S/C21H25N5O2/c1-14(2)12-17-23-19-16(8-9-22-21(19)28)20(24-17)25-10-11-26(18(27)13-25)15-6-4-3-5-7-15/h3-7,14H,8-13H2,1-2H3,(H,22,28). The molecule has 0 atom stereocenters. The molecule has 0 bridgehead atoms. The number of hydrogen-bond acceptors (Lipinski definition) is 5. The van der Waals surface area contributed by atoms with Crippen LogP contribution in [0.15, 0.2) is 30.3 Å². The summed E-state index contributed by atoms with van der Waals surface area (Å²) in [6.45, 7) is 6.29. The summed E-state index contributed by atoms with van der Waals surface area (Å²) in [5, 5.41) is 2.86. The molecule has 7 nitrogen and oxygen atoms in total. The van der Waals surface area contributed by atoms with Crippen LogP contribution in [0.4, 0.5) is 11.5 Å². The number of carbonyl (C=O) groups excluding carboxylic acids is 2. The number of carbonyl (C=O) groups is 2. The second-order valence-electron chi connectivity index (χ2n) is 7.70. The first kappa shape index (κ1) is 18.4. The zero-order valence-electron chi connectivity index (χ0n) is 16.3. The molecule has 1 saturated heterocycles. The molecule has 7 heteroatoms. The quantitative estimate of drug-likeness (QED) is 0.877. The molecule has 4 rings (SSSR count). The Morgan fingerprint density at radius 3 is 2.61 bits per heavy atom. The van der Waals surface area contributed by atoms with E-state index in [9.17, 15) is 9.59 Å². The number of piperazine rings is 1. The minimum Gasteiger partial charge on any atom is -0.350 e. The van der Waals surface area contributed by atoms with Gasteiger partial charge in [-0.2, -0.15) is 0 Å². The zero-order valence-corrected chi connectivity index (χ0v) is 16.3. The van der Waals surface area contributed by atoms with Gasteiger partial charge < -0.3 is 15.1 Å². The van der Waals surface area contributed by atoms with Gasteiger partial charge in [-0.25, -0.2) is 9.97 Å². The molecule has 146 valence electrons. The van der Waals surface area contributed by atoms with Crippen LogP contribution in [0.1, 0.15) is 35.7 Å². The number of rotatable bonds is 4. The number of nitrogens with zero attached hydrogens (tertiary/aromatic N) is 4. The number of aromatic nitrogens is 2. The highest BCUT2D eigenvalue weighted by atomic mass is 16.2. The van der Waals surface area contributed by atoms with Gasteiger partial charge in [0.1, 0.15) is 17.3 Å². The normalized spacial score (nSPS) is 17.0. The Hall–Kier alpha value is -2.96. The first-order valence-corrected chi connectivity index (χ1v) is 9.81. The van der Waals surface area contributed by atoms with E-state index >= 15 is 0 Å². The van der Waals surface area contributed by atoms with E-state index in [0.29, 0.717) is 49.9 Å². The highest BCUT2D eigenvalue weighted by molar-refractivity contribution is 5.99. The topological polar surface area (TPSA) is 78.4 Å². The molecule has 2 aliphatic rings. The fraction of sp³-hybridized carbons (Fsp3) is 0.429. The number of nitrogens with one attached hydrogen (secondary N) is 1. The molecule has 0 aliphatic carbocycles. The summed E-state index contributed by atoms with van der Waals surface area (Å²) in [5.41, 5.74) is 2.23. The first-order valence-electron chi connectivity index (χ1n) is 9.81. The van der Waals surface area contributed by atoms with Crippen molar-refractivity contribution in [3.63, 3.8) is 0 Å². The lowest BCUT2D eigenvalue weighted by atomic mass is 10.0. The smallest absolute Gasteiger partial charge is 0.270 e. The Balaban J connectivity index is 1.64. The largest absolute Gasteiger partial charge is 0.350 e. The van der Waals surface area contributed by atoms with Gasteiger partial charge in [-0.15, -0.1) is 0 Å². The van der Waals surface area contributed by atoms with Crippen LogP contribution in [-0.4, -0.2) is 48.0 Å². The molecule has 3 heterocycles. The maximum absolute atomic E-state index is 12.8. The van der Waals surface area contributed by atoms with E-state index in [1.807, 2.05) is 40.1 Å². The molecule has 1 aromatic heterocycles. The maximum atomic E-state index is 12.8. The Morgan fingerprint density at radius 1 is 1.11 bits per heavy atom. The Labute approximate surface area is 164 Å². The molecule has 2 amide bonds. The van der Waals surface area contributed by atoms with Crippen LogP contribution < -0.4 is 15.1 Å². The molecule has 28 heavy (non-hydrogen) atoms. The minimum absolute atomic E-state index is 0.0375. The monoisotopic (exact) mass is 379 g/mol. The molecule has 2 aliphatic heterocycles. The summed E-state index contributed by atoms with van der Waals surface area (Å²) < 4.78 is 0. The van der Waals surface area contributed by atoms with Crippen molar-refractivity contribution in [1.82, 2.24) is 15.3 Å². The Morgan fingerprint density at radius 2 is 1.89 bits per heavy atom. The fourth-order valence-corrected chi connectivity index (χ4v) is 3.77. The van der Waals surface area contributed by atoms with Gasteiger partial charge in [0, 0.05) is 37.3 Å². The first-order chi connectivity index (χ1) is 13.5. The summed E-state index contributed by atoms with van der Waals surface area (Å²) in [5.74, 6) is 1.68. The summed E-state index contributed by atoms with van der Waals surface area (Å²) in [6, 6.07) is 9.72. The second kappa shape index (κ2) is 7.58. The van der Waals surface area contributed by atoms with Gasteiger partial charge in [-0.1, -0.05) is 32.0 Å². The fourth-order valence-electron chi connectivity index (χ4n) is 3.77. The number of amides is 2. The van der Waals surface area contributed by atoms with Crippen LogP contribution in [-0.2, 0) is 17.6 Å². The second-order valence-corrected chi connectivity index (χ2v) is 7.70. The van der Waals surface area contributed by atoms with Gasteiger partial charge in [0.25, 0.3) is 5.91 Å². The van der Waals surface area contributed by atoms with Crippen molar-refractivity contribution >= 4 is 23.3 Å². The molecule has 1 N–H and O–H groups in total. The van der Waals surface area contributed by atoms with E-state index in [2.05, 4.69) is 24.1 Å². The lowest BCUT2D eigenvalue weighted by Gasteiger charge is -2.36. The summed E-state index contributed by atoms with van der Waals surface area (Å²) in [4.78, 5) is 38.3. The van der Waals surface area contributed by atoms with Crippen molar-refractivity contribution in [2.24, 2.45) is 5.92 Å².